The van der Waals surface area contributed by atoms with Crippen LogP contribution in [0.25, 0.3) is 11.1 Å². The molecule has 1 fully saturated rings. The van der Waals surface area contributed by atoms with Gasteiger partial charge in [0.05, 0.1) is 18.8 Å². The van der Waals surface area contributed by atoms with Crippen molar-refractivity contribution in [3.63, 3.8) is 0 Å². The number of halogens is 2. The van der Waals surface area contributed by atoms with Crippen LogP contribution < -0.4 is 0 Å². The third-order valence-electron chi connectivity index (χ3n) is 3.61. The molecule has 0 atom stereocenters. The van der Waals surface area contributed by atoms with E-state index in [4.69, 9.17) is 32.7 Å². The van der Waals surface area contributed by atoms with Crippen molar-refractivity contribution in [1.29, 1.82) is 0 Å². The Morgan fingerprint density at radius 3 is 2.35 bits per heavy atom. The third-order valence-corrected chi connectivity index (χ3v) is 4.24. The summed E-state index contributed by atoms with van der Waals surface area (Å²) >= 11 is 12.5. The number of carboxylic acid groups (broad SMARTS) is 1. The Morgan fingerprint density at radius 1 is 1.09 bits per heavy atom. The van der Waals surface area contributed by atoms with E-state index in [1.165, 1.54) is 6.07 Å². The monoisotopic (exact) mass is 352 g/mol. The van der Waals surface area contributed by atoms with Gasteiger partial charge in [-0.3, -0.25) is 0 Å². The second-order valence-electron chi connectivity index (χ2n) is 5.13. The van der Waals surface area contributed by atoms with E-state index in [1.807, 2.05) is 0 Å². The van der Waals surface area contributed by atoms with Crippen LogP contribution in [0.2, 0.25) is 10.0 Å². The molecule has 0 amide bonds. The lowest BCUT2D eigenvalue weighted by molar-refractivity contribution is -0.183. The predicted molar refractivity (Wildman–Crippen MR) is 88.1 cm³/mol. The normalized spacial score (nSPS) is 15.6. The summed E-state index contributed by atoms with van der Waals surface area (Å²) < 4.78 is 11.2. The smallest absolute Gasteiger partial charge is 0.336 e. The molecule has 4 nitrogen and oxygen atoms in total. The van der Waals surface area contributed by atoms with E-state index in [1.54, 1.807) is 30.3 Å². The van der Waals surface area contributed by atoms with Crippen molar-refractivity contribution in [3.8, 4) is 11.1 Å². The first kappa shape index (κ1) is 16.3. The molecule has 1 saturated heterocycles. The van der Waals surface area contributed by atoms with Gasteiger partial charge in [-0.25, -0.2) is 4.79 Å². The zero-order valence-electron chi connectivity index (χ0n) is 12.1. The Morgan fingerprint density at radius 2 is 1.74 bits per heavy atom. The van der Waals surface area contributed by atoms with E-state index >= 15 is 0 Å². The first-order chi connectivity index (χ1) is 11.1. The van der Waals surface area contributed by atoms with Crippen LogP contribution in [0, 0.1) is 0 Å². The lowest BCUT2D eigenvalue weighted by Gasteiger charge is -2.24. The molecule has 1 aliphatic rings. The van der Waals surface area contributed by atoms with Crippen LogP contribution >= 0.6 is 23.2 Å². The lowest BCUT2D eigenvalue weighted by Crippen LogP contribution is -2.18. The van der Waals surface area contributed by atoms with Crippen LogP contribution in [0.4, 0.5) is 0 Å². The average Bonchev–Trinajstić information content (AvgIpc) is 2.55. The van der Waals surface area contributed by atoms with Crippen molar-refractivity contribution in [3.05, 3.63) is 57.6 Å². The van der Waals surface area contributed by atoms with Crippen molar-refractivity contribution in [2.75, 3.05) is 13.2 Å². The molecule has 0 bridgehead atoms. The van der Waals surface area contributed by atoms with E-state index < -0.39 is 12.3 Å². The Bertz CT molecular complexity index is 719. The summed E-state index contributed by atoms with van der Waals surface area (Å²) in [6.07, 6.45) is 0.332. The third kappa shape index (κ3) is 3.35. The fourth-order valence-corrected chi connectivity index (χ4v) is 3.14. The van der Waals surface area contributed by atoms with Crippen LogP contribution in [0.1, 0.15) is 28.6 Å². The first-order valence-corrected chi connectivity index (χ1v) is 7.88. The number of ether oxygens (including phenoxy) is 2. The summed E-state index contributed by atoms with van der Waals surface area (Å²) in [6, 6.07) is 9.99. The topological polar surface area (TPSA) is 55.8 Å². The SMILES string of the molecule is O=C(O)c1ccc(C2OCCCO2)cc1-c1c(Cl)cccc1Cl. The van der Waals surface area contributed by atoms with Crippen LogP contribution in [0.5, 0.6) is 0 Å². The molecule has 0 unspecified atom stereocenters. The van der Waals surface area contributed by atoms with Gasteiger partial charge in [0.25, 0.3) is 0 Å². The fraction of sp³-hybridized carbons (Fsp3) is 0.235. The summed E-state index contributed by atoms with van der Waals surface area (Å²) in [7, 11) is 0. The molecule has 2 aromatic carbocycles. The van der Waals surface area contributed by atoms with Gasteiger partial charge in [0, 0.05) is 21.2 Å². The summed E-state index contributed by atoms with van der Waals surface area (Å²) in [6.45, 7) is 1.21. The summed E-state index contributed by atoms with van der Waals surface area (Å²) in [4.78, 5) is 11.6. The van der Waals surface area contributed by atoms with Gasteiger partial charge >= 0.3 is 5.97 Å². The largest absolute Gasteiger partial charge is 0.478 e. The summed E-state index contributed by atoms with van der Waals surface area (Å²) in [5.74, 6) is -1.05. The van der Waals surface area contributed by atoms with Crippen molar-refractivity contribution in [1.82, 2.24) is 0 Å². The van der Waals surface area contributed by atoms with Crippen LogP contribution in [0.15, 0.2) is 36.4 Å². The van der Waals surface area contributed by atoms with Gasteiger partial charge in [0.2, 0.25) is 0 Å². The minimum absolute atomic E-state index is 0.125. The number of benzene rings is 2. The standard InChI is InChI=1S/C17H14Cl2O4/c18-13-3-1-4-14(19)15(13)12-9-10(5-6-11(12)16(20)21)17-22-7-2-8-23-17/h1,3-6,9,17H,2,7-8H2,(H,20,21). The molecule has 0 saturated carbocycles. The quantitative estimate of drug-likeness (QED) is 0.862. The maximum atomic E-state index is 11.6. The molecule has 0 spiro atoms. The fourth-order valence-electron chi connectivity index (χ4n) is 2.54. The number of carboxylic acids is 1. The number of hydrogen-bond donors (Lipinski definition) is 1. The van der Waals surface area contributed by atoms with Crippen LogP contribution in [-0.2, 0) is 9.47 Å². The maximum absolute atomic E-state index is 11.6. The molecule has 0 radical (unpaired) electrons. The Kier molecular flexibility index (Phi) is 4.87. The summed E-state index contributed by atoms with van der Waals surface area (Å²) in [5.41, 5.74) is 1.80. The van der Waals surface area contributed by atoms with Gasteiger partial charge in [-0.05, 0) is 36.2 Å². The number of aromatic carboxylic acids is 1. The molecule has 3 rings (SSSR count). The second-order valence-corrected chi connectivity index (χ2v) is 5.95. The van der Waals surface area contributed by atoms with Crippen molar-refractivity contribution in [2.24, 2.45) is 0 Å². The van der Waals surface area contributed by atoms with E-state index in [0.717, 1.165) is 12.0 Å². The zero-order valence-corrected chi connectivity index (χ0v) is 13.6. The Labute approximate surface area is 143 Å². The lowest BCUT2D eigenvalue weighted by atomic mass is 9.96. The van der Waals surface area contributed by atoms with Crippen molar-refractivity contribution in [2.45, 2.75) is 12.7 Å². The minimum Gasteiger partial charge on any atom is -0.478 e. The average molecular weight is 353 g/mol. The van der Waals surface area contributed by atoms with E-state index in [9.17, 15) is 9.90 Å². The van der Waals surface area contributed by atoms with E-state index in [0.29, 0.717) is 34.4 Å². The molecular formula is C17H14Cl2O4. The van der Waals surface area contributed by atoms with Gasteiger partial charge in [0.15, 0.2) is 6.29 Å². The zero-order chi connectivity index (χ0) is 16.4. The Hall–Kier alpha value is -1.59. The molecule has 1 N–H and O–H groups in total. The highest BCUT2D eigenvalue weighted by Gasteiger charge is 2.22. The molecular weight excluding hydrogens is 339 g/mol. The minimum atomic E-state index is -1.05. The number of hydrogen-bond acceptors (Lipinski definition) is 3. The van der Waals surface area contributed by atoms with Crippen molar-refractivity contribution < 1.29 is 19.4 Å². The maximum Gasteiger partial charge on any atom is 0.336 e. The molecule has 0 aromatic heterocycles. The molecule has 0 aliphatic carbocycles. The molecule has 6 heteroatoms. The van der Waals surface area contributed by atoms with Gasteiger partial charge in [0.1, 0.15) is 0 Å². The Balaban J connectivity index is 2.14. The number of rotatable bonds is 3. The summed E-state index contributed by atoms with van der Waals surface area (Å²) in [5, 5.41) is 10.2. The molecule has 2 aromatic rings. The van der Waals surface area contributed by atoms with Gasteiger partial charge in [-0.1, -0.05) is 35.3 Å². The highest BCUT2D eigenvalue weighted by atomic mass is 35.5. The first-order valence-electron chi connectivity index (χ1n) is 7.13. The van der Waals surface area contributed by atoms with Crippen LogP contribution in [-0.4, -0.2) is 24.3 Å². The van der Waals surface area contributed by atoms with Gasteiger partial charge < -0.3 is 14.6 Å². The van der Waals surface area contributed by atoms with Gasteiger partial charge in [-0.2, -0.15) is 0 Å². The van der Waals surface area contributed by atoms with Crippen LogP contribution in [0.3, 0.4) is 0 Å². The molecule has 23 heavy (non-hydrogen) atoms. The highest BCUT2D eigenvalue weighted by Crippen LogP contribution is 2.38. The molecule has 120 valence electrons. The molecule has 1 heterocycles. The number of carbonyl (C=O) groups is 1. The van der Waals surface area contributed by atoms with Gasteiger partial charge in [-0.15, -0.1) is 0 Å². The predicted octanol–water partition coefficient (Wildman–Crippen LogP) is 4.79. The second kappa shape index (κ2) is 6.89. The highest BCUT2D eigenvalue weighted by molar-refractivity contribution is 6.39. The van der Waals surface area contributed by atoms with Crippen molar-refractivity contribution >= 4 is 29.2 Å². The van der Waals surface area contributed by atoms with E-state index in [-0.39, 0.29) is 5.56 Å². The van der Waals surface area contributed by atoms with E-state index in [2.05, 4.69) is 0 Å². The molecule has 1 aliphatic heterocycles.